The van der Waals surface area contributed by atoms with E-state index in [4.69, 9.17) is 0 Å². The first kappa shape index (κ1) is 19.3. The maximum Gasteiger partial charge on any atom is 0.320 e. The number of aromatic nitrogens is 4. The van der Waals surface area contributed by atoms with E-state index in [1.54, 1.807) is 50.6 Å². The van der Waals surface area contributed by atoms with Gasteiger partial charge >= 0.3 is 6.03 Å². The lowest BCUT2D eigenvalue weighted by atomic mass is 10.1. The molecular formula is C21H19FN6O2. The molecule has 0 fully saturated rings. The zero-order valence-corrected chi connectivity index (χ0v) is 16.3. The average Bonchev–Trinajstić information content (AvgIpc) is 3.13. The molecule has 0 aliphatic rings. The Morgan fingerprint density at radius 1 is 1.20 bits per heavy atom. The predicted molar refractivity (Wildman–Crippen MR) is 112 cm³/mol. The van der Waals surface area contributed by atoms with Crippen LogP contribution in [0, 0.1) is 5.82 Å². The van der Waals surface area contributed by atoms with E-state index in [1.165, 1.54) is 22.8 Å². The number of hydrogen-bond acceptors (Lipinski definition) is 4. The monoisotopic (exact) mass is 406 g/mol. The predicted octanol–water partition coefficient (Wildman–Crippen LogP) is 3.35. The highest BCUT2D eigenvalue weighted by Gasteiger charge is 2.13. The van der Waals surface area contributed by atoms with Crippen molar-refractivity contribution in [2.45, 2.75) is 13.0 Å². The van der Waals surface area contributed by atoms with Crippen LogP contribution in [-0.4, -0.2) is 25.8 Å². The summed E-state index contributed by atoms with van der Waals surface area (Å²) in [7, 11) is 1.67. The topological polar surface area (TPSA) is 105 Å². The molecule has 4 rings (SSSR count). The van der Waals surface area contributed by atoms with Crippen LogP contribution in [0.5, 0.6) is 0 Å². The van der Waals surface area contributed by atoms with E-state index in [2.05, 4.69) is 25.8 Å². The third-order valence-corrected chi connectivity index (χ3v) is 4.77. The van der Waals surface area contributed by atoms with Gasteiger partial charge in [0.2, 0.25) is 5.56 Å². The Morgan fingerprint density at radius 2 is 1.97 bits per heavy atom. The third-order valence-electron chi connectivity index (χ3n) is 4.77. The van der Waals surface area contributed by atoms with Gasteiger partial charge in [-0.3, -0.25) is 15.2 Å². The number of amides is 2. The number of halogens is 1. The van der Waals surface area contributed by atoms with Gasteiger partial charge < -0.3 is 9.88 Å². The number of H-pyrrole nitrogens is 1. The van der Waals surface area contributed by atoms with Crippen LogP contribution in [-0.2, 0) is 7.05 Å². The SMILES string of the molecule is C[C@@H](NC(=O)Nc1cc2[nH]nc(-c3ccc(=O)n(C)c3)c2cn1)c1ccc(F)cc1. The lowest BCUT2D eigenvalue weighted by molar-refractivity contribution is 0.249. The Labute approximate surface area is 170 Å². The van der Waals surface area contributed by atoms with Crippen molar-refractivity contribution < 1.29 is 9.18 Å². The minimum Gasteiger partial charge on any atom is -0.331 e. The van der Waals surface area contributed by atoms with Gasteiger partial charge in [-0.05, 0) is 30.7 Å². The molecule has 0 spiro atoms. The second kappa shape index (κ2) is 7.78. The van der Waals surface area contributed by atoms with Gasteiger partial charge in [-0.1, -0.05) is 12.1 Å². The second-order valence-electron chi connectivity index (χ2n) is 6.93. The molecule has 3 aromatic heterocycles. The summed E-state index contributed by atoms with van der Waals surface area (Å²) in [5.74, 6) is 0.0199. The van der Waals surface area contributed by atoms with Gasteiger partial charge in [0.1, 0.15) is 17.3 Å². The van der Waals surface area contributed by atoms with E-state index in [9.17, 15) is 14.0 Å². The van der Waals surface area contributed by atoms with Crippen LogP contribution in [0.1, 0.15) is 18.5 Å². The third kappa shape index (κ3) is 3.90. The molecule has 0 unspecified atom stereocenters. The van der Waals surface area contributed by atoms with Crippen molar-refractivity contribution in [3.05, 3.63) is 76.6 Å². The maximum atomic E-state index is 13.0. The van der Waals surface area contributed by atoms with Gasteiger partial charge in [0.25, 0.3) is 0 Å². The number of rotatable bonds is 4. The van der Waals surface area contributed by atoms with Crippen LogP contribution in [0.3, 0.4) is 0 Å². The molecule has 1 atom stereocenters. The number of hydrogen-bond donors (Lipinski definition) is 3. The van der Waals surface area contributed by atoms with Crippen molar-refractivity contribution in [3.63, 3.8) is 0 Å². The fourth-order valence-corrected chi connectivity index (χ4v) is 3.12. The van der Waals surface area contributed by atoms with Gasteiger partial charge in [0.05, 0.1) is 11.6 Å². The Bertz CT molecular complexity index is 1280. The largest absolute Gasteiger partial charge is 0.331 e. The summed E-state index contributed by atoms with van der Waals surface area (Å²) >= 11 is 0. The summed E-state index contributed by atoms with van der Waals surface area (Å²) in [6.07, 6.45) is 3.31. The number of aromatic amines is 1. The summed E-state index contributed by atoms with van der Waals surface area (Å²) < 4.78 is 14.5. The molecule has 2 amide bonds. The molecule has 3 N–H and O–H groups in total. The fraction of sp³-hybridized carbons (Fsp3) is 0.143. The van der Waals surface area contributed by atoms with E-state index in [0.717, 1.165) is 16.5 Å². The lowest BCUT2D eigenvalue weighted by Gasteiger charge is -2.14. The number of aryl methyl sites for hydroxylation is 1. The Kier molecular flexibility index (Phi) is 5.01. The van der Waals surface area contributed by atoms with E-state index < -0.39 is 6.03 Å². The summed E-state index contributed by atoms with van der Waals surface area (Å²) in [5, 5.41) is 13.5. The molecule has 9 heteroatoms. The van der Waals surface area contributed by atoms with Crippen LogP contribution < -0.4 is 16.2 Å². The number of carbonyl (C=O) groups is 1. The molecule has 3 heterocycles. The quantitative estimate of drug-likeness (QED) is 0.483. The van der Waals surface area contributed by atoms with Crippen molar-refractivity contribution in [2.75, 3.05) is 5.32 Å². The molecule has 0 saturated carbocycles. The molecule has 4 aromatic rings. The number of carbonyl (C=O) groups excluding carboxylic acids is 1. The van der Waals surface area contributed by atoms with Crippen molar-refractivity contribution >= 4 is 22.8 Å². The van der Waals surface area contributed by atoms with Gasteiger partial charge in [0, 0.05) is 42.5 Å². The van der Waals surface area contributed by atoms with Gasteiger partial charge in [-0.25, -0.2) is 14.2 Å². The molecular weight excluding hydrogens is 387 g/mol. The number of nitrogens with zero attached hydrogens (tertiary/aromatic N) is 3. The summed E-state index contributed by atoms with van der Waals surface area (Å²) in [6.45, 7) is 1.80. The maximum absolute atomic E-state index is 13.0. The smallest absolute Gasteiger partial charge is 0.320 e. The average molecular weight is 406 g/mol. The zero-order valence-electron chi connectivity index (χ0n) is 16.3. The summed E-state index contributed by atoms with van der Waals surface area (Å²) in [4.78, 5) is 28.2. The lowest BCUT2D eigenvalue weighted by Crippen LogP contribution is -2.31. The highest BCUT2D eigenvalue weighted by molar-refractivity contribution is 5.95. The van der Waals surface area contributed by atoms with E-state index >= 15 is 0 Å². The van der Waals surface area contributed by atoms with E-state index in [0.29, 0.717) is 17.0 Å². The van der Waals surface area contributed by atoms with Crippen LogP contribution in [0.4, 0.5) is 15.0 Å². The highest BCUT2D eigenvalue weighted by atomic mass is 19.1. The normalized spacial score (nSPS) is 12.0. The molecule has 30 heavy (non-hydrogen) atoms. The van der Waals surface area contributed by atoms with Gasteiger partial charge in [0.15, 0.2) is 0 Å². The summed E-state index contributed by atoms with van der Waals surface area (Å²) in [6, 6.07) is 10.1. The van der Waals surface area contributed by atoms with Crippen molar-refractivity contribution in [2.24, 2.45) is 7.05 Å². The van der Waals surface area contributed by atoms with Gasteiger partial charge in [-0.2, -0.15) is 5.10 Å². The fourth-order valence-electron chi connectivity index (χ4n) is 3.12. The molecule has 152 valence electrons. The number of anilines is 1. The minimum atomic E-state index is -0.434. The Morgan fingerprint density at radius 3 is 2.70 bits per heavy atom. The van der Waals surface area contributed by atoms with E-state index in [-0.39, 0.29) is 17.4 Å². The minimum absolute atomic E-state index is 0.107. The Hall–Kier alpha value is -4.01. The van der Waals surface area contributed by atoms with Crippen molar-refractivity contribution in [3.8, 4) is 11.3 Å². The van der Waals surface area contributed by atoms with Crippen LogP contribution in [0.2, 0.25) is 0 Å². The molecule has 0 aliphatic heterocycles. The Balaban J connectivity index is 1.50. The first-order chi connectivity index (χ1) is 14.4. The first-order valence-corrected chi connectivity index (χ1v) is 9.25. The molecule has 0 radical (unpaired) electrons. The molecule has 0 saturated heterocycles. The van der Waals surface area contributed by atoms with Crippen LogP contribution in [0.15, 0.2) is 59.7 Å². The highest BCUT2D eigenvalue weighted by Crippen LogP contribution is 2.26. The number of benzene rings is 1. The molecule has 1 aromatic carbocycles. The van der Waals surface area contributed by atoms with Crippen molar-refractivity contribution in [1.29, 1.82) is 0 Å². The summed E-state index contributed by atoms with van der Waals surface area (Å²) in [5.41, 5.74) is 2.80. The van der Waals surface area contributed by atoms with E-state index in [1.807, 2.05) is 0 Å². The number of pyridine rings is 2. The van der Waals surface area contributed by atoms with Crippen LogP contribution >= 0.6 is 0 Å². The number of fused-ring (bicyclic) bond motifs is 1. The first-order valence-electron chi connectivity index (χ1n) is 9.25. The second-order valence-corrected chi connectivity index (χ2v) is 6.93. The molecule has 0 aliphatic carbocycles. The van der Waals surface area contributed by atoms with Crippen LogP contribution in [0.25, 0.3) is 22.2 Å². The van der Waals surface area contributed by atoms with Gasteiger partial charge in [-0.15, -0.1) is 0 Å². The zero-order chi connectivity index (χ0) is 21.3. The molecule has 8 nitrogen and oxygen atoms in total. The number of urea groups is 1. The number of nitrogens with one attached hydrogen (secondary N) is 3. The standard InChI is InChI=1S/C21H19FN6O2/c1-12(13-3-6-15(22)7-4-13)24-21(30)25-18-9-17-16(10-23-18)20(27-26-17)14-5-8-19(29)28(2)11-14/h3-12H,1-2H3,(H,26,27)(H2,23,24,25,30)/t12-/m1/s1. The van der Waals surface area contributed by atoms with Crippen molar-refractivity contribution in [1.82, 2.24) is 25.1 Å². The molecule has 0 bridgehead atoms.